The molecule has 0 aromatic carbocycles. The van der Waals surface area contributed by atoms with Gasteiger partial charge >= 0.3 is 0 Å². The summed E-state index contributed by atoms with van der Waals surface area (Å²) in [5.74, 6) is -2.13. The highest BCUT2D eigenvalue weighted by Crippen LogP contribution is 2.41. The Balaban J connectivity index is 2.03. The summed E-state index contributed by atoms with van der Waals surface area (Å²) >= 11 is 0. The Hall–Kier alpha value is -0.180. The molecule has 0 amide bonds. The molecule has 0 aromatic rings. The van der Waals surface area contributed by atoms with Crippen molar-refractivity contribution >= 4 is 0 Å². The van der Waals surface area contributed by atoms with Crippen molar-refractivity contribution in [3.8, 4) is 0 Å². The zero-order valence-corrected chi connectivity index (χ0v) is 6.16. The standard InChI is InChI=1S/C7H13F2N/c1-2-10-5-6-3-7(8,9)4-6/h6,10H,2-5H2,1H3. The molecule has 0 aliphatic heterocycles. The number of alkyl halides is 2. The fraction of sp³-hybridized carbons (Fsp3) is 1.00. The van der Waals surface area contributed by atoms with E-state index >= 15 is 0 Å². The minimum Gasteiger partial charge on any atom is -0.317 e. The summed E-state index contributed by atoms with van der Waals surface area (Å²) < 4.78 is 24.4. The van der Waals surface area contributed by atoms with E-state index in [9.17, 15) is 8.78 Å². The summed E-state index contributed by atoms with van der Waals surface area (Å²) in [6, 6.07) is 0. The van der Waals surface area contributed by atoms with Crippen molar-refractivity contribution in [3.63, 3.8) is 0 Å². The number of hydrogen-bond donors (Lipinski definition) is 1. The van der Waals surface area contributed by atoms with Gasteiger partial charge in [0.25, 0.3) is 0 Å². The summed E-state index contributed by atoms with van der Waals surface area (Å²) in [4.78, 5) is 0. The number of nitrogens with one attached hydrogen (secondary N) is 1. The van der Waals surface area contributed by atoms with Crippen LogP contribution in [0, 0.1) is 5.92 Å². The van der Waals surface area contributed by atoms with Crippen LogP contribution in [-0.4, -0.2) is 19.0 Å². The number of hydrogen-bond acceptors (Lipinski definition) is 1. The molecule has 3 heteroatoms. The lowest BCUT2D eigenvalue weighted by molar-refractivity contribution is -0.109. The Bertz CT molecular complexity index is 106. The van der Waals surface area contributed by atoms with Crippen molar-refractivity contribution in [3.05, 3.63) is 0 Å². The van der Waals surface area contributed by atoms with Gasteiger partial charge in [0.05, 0.1) is 0 Å². The SMILES string of the molecule is CCNCC1CC(F)(F)C1. The molecule has 0 unspecified atom stereocenters. The molecule has 1 N–H and O–H groups in total. The zero-order valence-electron chi connectivity index (χ0n) is 6.16. The van der Waals surface area contributed by atoms with Crippen LogP contribution in [0.1, 0.15) is 19.8 Å². The third-order valence-corrected chi connectivity index (χ3v) is 1.86. The normalized spacial score (nSPS) is 24.3. The molecule has 1 aliphatic rings. The Labute approximate surface area is 59.8 Å². The van der Waals surface area contributed by atoms with Crippen LogP contribution in [0.5, 0.6) is 0 Å². The summed E-state index contributed by atoms with van der Waals surface area (Å²) in [5.41, 5.74) is 0. The van der Waals surface area contributed by atoms with Gasteiger partial charge in [-0.2, -0.15) is 0 Å². The Kier molecular flexibility index (Phi) is 2.24. The minimum absolute atomic E-state index is 0.0833. The fourth-order valence-corrected chi connectivity index (χ4v) is 1.28. The van der Waals surface area contributed by atoms with E-state index in [0.717, 1.165) is 13.1 Å². The Morgan fingerprint density at radius 1 is 1.50 bits per heavy atom. The van der Waals surface area contributed by atoms with E-state index < -0.39 is 5.92 Å². The lowest BCUT2D eigenvalue weighted by atomic mass is 9.81. The molecule has 0 saturated heterocycles. The van der Waals surface area contributed by atoms with Crippen molar-refractivity contribution in [1.82, 2.24) is 5.32 Å². The van der Waals surface area contributed by atoms with Crippen LogP contribution in [0.2, 0.25) is 0 Å². The molecule has 10 heavy (non-hydrogen) atoms. The van der Waals surface area contributed by atoms with Crippen LogP contribution in [0.15, 0.2) is 0 Å². The molecule has 0 heterocycles. The average molecular weight is 149 g/mol. The molecule has 1 rings (SSSR count). The van der Waals surface area contributed by atoms with E-state index in [1.165, 1.54) is 0 Å². The van der Waals surface area contributed by atoms with E-state index in [0.29, 0.717) is 0 Å². The average Bonchev–Trinajstić information content (AvgIpc) is 1.78. The summed E-state index contributed by atoms with van der Waals surface area (Å²) in [7, 11) is 0. The highest BCUT2D eigenvalue weighted by molar-refractivity contribution is 4.86. The second-order valence-corrected chi connectivity index (χ2v) is 2.94. The first kappa shape index (κ1) is 7.92. The quantitative estimate of drug-likeness (QED) is 0.643. The fourth-order valence-electron chi connectivity index (χ4n) is 1.28. The van der Waals surface area contributed by atoms with Crippen molar-refractivity contribution < 1.29 is 8.78 Å². The molecular weight excluding hydrogens is 136 g/mol. The highest BCUT2D eigenvalue weighted by atomic mass is 19.3. The maximum atomic E-state index is 12.2. The first-order chi connectivity index (χ1) is 4.64. The summed E-state index contributed by atoms with van der Waals surface area (Å²) in [5, 5.41) is 3.05. The van der Waals surface area contributed by atoms with Crippen LogP contribution in [0.3, 0.4) is 0 Å². The summed E-state index contributed by atoms with van der Waals surface area (Å²) in [6.07, 6.45) is 0.167. The van der Waals surface area contributed by atoms with Gasteiger partial charge in [-0.05, 0) is 19.0 Å². The van der Waals surface area contributed by atoms with Crippen molar-refractivity contribution in [1.29, 1.82) is 0 Å². The molecule has 1 fully saturated rings. The smallest absolute Gasteiger partial charge is 0.248 e. The maximum Gasteiger partial charge on any atom is 0.248 e. The molecule has 0 bridgehead atoms. The van der Waals surface area contributed by atoms with E-state index in [2.05, 4.69) is 5.32 Å². The number of rotatable bonds is 3. The molecule has 1 aliphatic carbocycles. The largest absolute Gasteiger partial charge is 0.317 e. The molecule has 0 atom stereocenters. The molecule has 1 nitrogen and oxygen atoms in total. The first-order valence-corrected chi connectivity index (χ1v) is 3.72. The van der Waals surface area contributed by atoms with Gasteiger partial charge in [0.2, 0.25) is 5.92 Å². The number of halogens is 2. The van der Waals surface area contributed by atoms with E-state index in [1.807, 2.05) is 6.92 Å². The predicted molar refractivity (Wildman–Crippen MR) is 36.2 cm³/mol. The second kappa shape index (κ2) is 2.82. The maximum absolute atomic E-state index is 12.2. The van der Waals surface area contributed by atoms with Gasteiger partial charge in [0, 0.05) is 12.8 Å². The predicted octanol–water partition coefficient (Wildman–Crippen LogP) is 1.64. The summed E-state index contributed by atoms with van der Waals surface area (Å²) in [6.45, 7) is 3.62. The minimum atomic E-state index is -2.35. The highest BCUT2D eigenvalue weighted by Gasteiger charge is 2.44. The molecule has 0 radical (unpaired) electrons. The lowest BCUT2D eigenvalue weighted by Gasteiger charge is -2.34. The van der Waals surface area contributed by atoms with Gasteiger partial charge in [0.15, 0.2) is 0 Å². The van der Waals surface area contributed by atoms with Crippen molar-refractivity contribution in [2.75, 3.05) is 13.1 Å². The topological polar surface area (TPSA) is 12.0 Å². The monoisotopic (exact) mass is 149 g/mol. The van der Waals surface area contributed by atoms with Gasteiger partial charge in [-0.15, -0.1) is 0 Å². The van der Waals surface area contributed by atoms with E-state index in [4.69, 9.17) is 0 Å². The van der Waals surface area contributed by atoms with Gasteiger partial charge < -0.3 is 5.32 Å². The lowest BCUT2D eigenvalue weighted by Crippen LogP contribution is -2.40. The van der Waals surface area contributed by atoms with Gasteiger partial charge in [-0.25, -0.2) is 8.78 Å². The van der Waals surface area contributed by atoms with E-state index in [1.54, 1.807) is 0 Å². The van der Waals surface area contributed by atoms with Gasteiger partial charge in [-0.3, -0.25) is 0 Å². The molecule has 1 saturated carbocycles. The molecule has 0 aromatic heterocycles. The van der Waals surface area contributed by atoms with Gasteiger partial charge in [-0.1, -0.05) is 6.92 Å². The second-order valence-electron chi connectivity index (χ2n) is 2.94. The van der Waals surface area contributed by atoms with Crippen LogP contribution >= 0.6 is 0 Å². The Morgan fingerprint density at radius 2 is 2.10 bits per heavy atom. The van der Waals surface area contributed by atoms with E-state index in [-0.39, 0.29) is 18.8 Å². The zero-order chi connectivity index (χ0) is 7.61. The van der Waals surface area contributed by atoms with Crippen LogP contribution in [-0.2, 0) is 0 Å². The van der Waals surface area contributed by atoms with Crippen LogP contribution in [0.25, 0.3) is 0 Å². The van der Waals surface area contributed by atoms with Crippen LogP contribution < -0.4 is 5.32 Å². The molecule has 60 valence electrons. The van der Waals surface area contributed by atoms with Crippen molar-refractivity contribution in [2.45, 2.75) is 25.7 Å². The van der Waals surface area contributed by atoms with Gasteiger partial charge in [0.1, 0.15) is 0 Å². The van der Waals surface area contributed by atoms with Crippen molar-refractivity contribution in [2.24, 2.45) is 5.92 Å². The Morgan fingerprint density at radius 3 is 2.50 bits per heavy atom. The van der Waals surface area contributed by atoms with Crippen LogP contribution in [0.4, 0.5) is 8.78 Å². The molecular formula is C7H13F2N. The molecule has 0 spiro atoms. The first-order valence-electron chi connectivity index (χ1n) is 3.72. The third-order valence-electron chi connectivity index (χ3n) is 1.86. The third kappa shape index (κ3) is 1.90.